The molecule has 1 aliphatic heterocycles. The Morgan fingerprint density at radius 1 is 1.40 bits per heavy atom. The number of cyclic esters (lactones) is 1. The van der Waals surface area contributed by atoms with Gasteiger partial charge in [-0.05, 0) is 30.0 Å². The summed E-state index contributed by atoms with van der Waals surface area (Å²) in [7, 11) is 0. The van der Waals surface area contributed by atoms with E-state index in [1.165, 1.54) is 11.1 Å². The van der Waals surface area contributed by atoms with E-state index in [2.05, 4.69) is 0 Å². The van der Waals surface area contributed by atoms with Gasteiger partial charge in [-0.15, -0.1) is 0 Å². The van der Waals surface area contributed by atoms with Crippen LogP contribution in [0.4, 0.5) is 0 Å². The molecule has 1 atom stereocenters. The van der Waals surface area contributed by atoms with Gasteiger partial charge >= 0.3 is 5.97 Å². The Kier molecular flexibility index (Phi) is 1.83. The molecule has 0 radical (unpaired) electrons. The largest absolute Gasteiger partial charge is 0.457 e. The van der Waals surface area contributed by atoms with Crippen LogP contribution in [-0.4, -0.2) is 17.7 Å². The van der Waals surface area contributed by atoms with Crippen molar-refractivity contribution in [3.8, 4) is 0 Å². The lowest BCUT2D eigenvalue weighted by atomic mass is 9.96. The average molecular weight is 204 g/mol. The van der Waals surface area contributed by atoms with Crippen LogP contribution in [0.3, 0.4) is 0 Å². The number of fused-ring (bicyclic) bond motifs is 3. The van der Waals surface area contributed by atoms with Crippen LogP contribution in [0.1, 0.15) is 39.4 Å². The van der Waals surface area contributed by atoms with Gasteiger partial charge in [0.15, 0.2) is 0 Å². The number of ether oxygens (including phenoxy) is 1. The summed E-state index contributed by atoms with van der Waals surface area (Å²) in [5.41, 5.74) is 4.20. The number of esters is 1. The molecule has 1 aromatic rings. The smallest absolute Gasteiger partial charge is 0.338 e. The molecule has 0 unspecified atom stereocenters. The molecule has 15 heavy (non-hydrogen) atoms. The second kappa shape index (κ2) is 3.07. The standard InChI is InChI=1S/C12H12O3/c13-5-7-1-2-9-8(7)3-4-10-11(9)6-15-12(10)14/h3-4,7,13H,1-2,5-6H2/t7-/m0/s1. The second-order valence-corrected chi connectivity index (χ2v) is 4.15. The summed E-state index contributed by atoms with van der Waals surface area (Å²) in [6.07, 6.45) is 1.94. The molecule has 0 saturated heterocycles. The molecule has 1 aliphatic carbocycles. The van der Waals surface area contributed by atoms with Gasteiger partial charge in [0.25, 0.3) is 0 Å². The number of hydrogen-bond acceptors (Lipinski definition) is 3. The molecule has 78 valence electrons. The van der Waals surface area contributed by atoms with Gasteiger partial charge in [0, 0.05) is 18.1 Å². The van der Waals surface area contributed by atoms with Gasteiger partial charge in [0.05, 0.1) is 5.56 Å². The Hall–Kier alpha value is -1.35. The molecule has 0 aromatic heterocycles. The minimum atomic E-state index is -0.208. The number of benzene rings is 1. The average Bonchev–Trinajstić information content (AvgIpc) is 2.81. The summed E-state index contributed by atoms with van der Waals surface area (Å²) >= 11 is 0. The Balaban J connectivity index is 2.15. The molecule has 2 aliphatic rings. The van der Waals surface area contributed by atoms with E-state index in [1.54, 1.807) is 0 Å². The van der Waals surface area contributed by atoms with Crippen LogP contribution < -0.4 is 0 Å². The first-order chi connectivity index (χ1) is 7.31. The third-order valence-electron chi connectivity index (χ3n) is 3.44. The summed E-state index contributed by atoms with van der Waals surface area (Å²) in [5, 5.41) is 9.22. The lowest BCUT2D eigenvalue weighted by molar-refractivity contribution is 0.0535. The van der Waals surface area contributed by atoms with Gasteiger partial charge in [-0.25, -0.2) is 4.79 Å². The first kappa shape index (κ1) is 8.92. The van der Waals surface area contributed by atoms with Crippen LogP contribution in [0.5, 0.6) is 0 Å². The Morgan fingerprint density at radius 2 is 2.27 bits per heavy atom. The zero-order chi connectivity index (χ0) is 10.4. The number of carbonyl (C=O) groups excluding carboxylic acids is 1. The van der Waals surface area contributed by atoms with Gasteiger partial charge in [0.2, 0.25) is 0 Å². The highest BCUT2D eigenvalue weighted by atomic mass is 16.5. The van der Waals surface area contributed by atoms with Gasteiger partial charge in [-0.1, -0.05) is 6.07 Å². The van der Waals surface area contributed by atoms with Crippen molar-refractivity contribution < 1.29 is 14.6 Å². The highest BCUT2D eigenvalue weighted by Gasteiger charge is 2.30. The quantitative estimate of drug-likeness (QED) is 0.703. The Morgan fingerprint density at radius 3 is 3.07 bits per heavy atom. The lowest BCUT2D eigenvalue weighted by Crippen LogP contribution is -2.00. The van der Waals surface area contributed by atoms with Crippen molar-refractivity contribution in [2.75, 3.05) is 6.61 Å². The molecule has 0 fully saturated rings. The SMILES string of the molecule is O=C1OCc2c1ccc1c2CC[C@H]1CO. The summed E-state index contributed by atoms with van der Waals surface area (Å²) in [4.78, 5) is 11.3. The highest BCUT2D eigenvalue weighted by Crippen LogP contribution is 2.38. The first-order valence-corrected chi connectivity index (χ1v) is 5.24. The van der Waals surface area contributed by atoms with Crippen LogP contribution >= 0.6 is 0 Å². The molecule has 3 nitrogen and oxygen atoms in total. The van der Waals surface area contributed by atoms with Crippen LogP contribution in [0.15, 0.2) is 12.1 Å². The number of rotatable bonds is 1. The zero-order valence-corrected chi connectivity index (χ0v) is 8.32. The van der Waals surface area contributed by atoms with Crippen molar-refractivity contribution in [3.63, 3.8) is 0 Å². The highest BCUT2D eigenvalue weighted by molar-refractivity contribution is 5.94. The first-order valence-electron chi connectivity index (χ1n) is 5.24. The maximum absolute atomic E-state index is 11.3. The van der Waals surface area contributed by atoms with Crippen molar-refractivity contribution in [1.82, 2.24) is 0 Å². The minimum Gasteiger partial charge on any atom is -0.457 e. The zero-order valence-electron chi connectivity index (χ0n) is 8.32. The van der Waals surface area contributed by atoms with E-state index in [-0.39, 0.29) is 18.5 Å². The summed E-state index contributed by atoms with van der Waals surface area (Å²) in [6.45, 7) is 0.607. The van der Waals surface area contributed by atoms with Crippen molar-refractivity contribution in [2.45, 2.75) is 25.4 Å². The van der Waals surface area contributed by atoms with Crippen LogP contribution in [0.25, 0.3) is 0 Å². The predicted octanol–water partition coefficient (Wildman–Crippen LogP) is 1.38. The van der Waals surface area contributed by atoms with E-state index in [0.29, 0.717) is 12.2 Å². The van der Waals surface area contributed by atoms with Crippen molar-refractivity contribution in [2.24, 2.45) is 0 Å². The Labute approximate surface area is 87.7 Å². The fraction of sp³-hybridized carbons (Fsp3) is 0.417. The summed E-state index contributed by atoms with van der Waals surface area (Å²) in [6, 6.07) is 3.80. The number of aliphatic hydroxyl groups is 1. The topological polar surface area (TPSA) is 46.5 Å². The maximum Gasteiger partial charge on any atom is 0.338 e. The van der Waals surface area contributed by atoms with Crippen molar-refractivity contribution in [3.05, 3.63) is 34.4 Å². The molecule has 0 saturated carbocycles. The monoisotopic (exact) mass is 204 g/mol. The van der Waals surface area contributed by atoms with Gasteiger partial charge in [0.1, 0.15) is 6.61 Å². The predicted molar refractivity (Wildman–Crippen MR) is 53.7 cm³/mol. The molecule has 1 aromatic carbocycles. The molecule has 3 heteroatoms. The number of aliphatic hydroxyl groups excluding tert-OH is 1. The van der Waals surface area contributed by atoms with Gasteiger partial charge < -0.3 is 9.84 Å². The minimum absolute atomic E-state index is 0.195. The molecular formula is C12H12O3. The molecular weight excluding hydrogens is 192 g/mol. The fourth-order valence-corrected chi connectivity index (χ4v) is 2.62. The fourth-order valence-electron chi connectivity index (χ4n) is 2.62. The van der Waals surface area contributed by atoms with E-state index < -0.39 is 0 Å². The lowest BCUT2D eigenvalue weighted by Gasteiger charge is -2.08. The second-order valence-electron chi connectivity index (χ2n) is 4.15. The molecule has 0 bridgehead atoms. The van der Waals surface area contributed by atoms with Crippen LogP contribution in [0.2, 0.25) is 0 Å². The van der Waals surface area contributed by atoms with Crippen LogP contribution in [0, 0.1) is 0 Å². The van der Waals surface area contributed by atoms with E-state index in [1.807, 2.05) is 12.1 Å². The van der Waals surface area contributed by atoms with Crippen LogP contribution in [-0.2, 0) is 17.8 Å². The summed E-state index contributed by atoms with van der Waals surface area (Å²) in [5.74, 6) is 0.0428. The van der Waals surface area contributed by atoms with E-state index >= 15 is 0 Å². The maximum atomic E-state index is 11.3. The Bertz CT molecular complexity index is 437. The third kappa shape index (κ3) is 1.13. The molecule has 1 N–H and O–H groups in total. The number of carbonyl (C=O) groups is 1. The number of hydrogen-bond donors (Lipinski definition) is 1. The third-order valence-corrected chi connectivity index (χ3v) is 3.44. The van der Waals surface area contributed by atoms with E-state index in [4.69, 9.17) is 4.74 Å². The van der Waals surface area contributed by atoms with E-state index in [9.17, 15) is 9.90 Å². The molecule has 0 spiro atoms. The molecule has 1 heterocycles. The van der Waals surface area contributed by atoms with E-state index in [0.717, 1.165) is 18.4 Å². The normalized spacial score (nSPS) is 22.5. The van der Waals surface area contributed by atoms with Crippen molar-refractivity contribution in [1.29, 1.82) is 0 Å². The van der Waals surface area contributed by atoms with Gasteiger partial charge in [-0.2, -0.15) is 0 Å². The van der Waals surface area contributed by atoms with Crippen molar-refractivity contribution >= 4 is 5.97 Å². The summed E-state index contributed by atoms with van der Waals surface area (Å²) < 4.78 is 5.02. The molecule has 0 amide bonds. The molecule has 3 rings (SSSR count). The van der Waals surface area contributed by atoms with Gasteiger partial charge in [-0.3, -0.25) is 0 Å².